The average Bonchev–Trinajstić information content (AvgIpc) is 2.27. The number of esters is 1. The number of Topliss-reactive ketones (excluding diaryl/α,β-unsaturated/α-hetero) is 1. The first-order valence-electron chi connectivity index (χ1n) is 5.35. The van der Waals surface area contributed by atoms with Crippen molar-refractivity contribution in [2.24, 2.45) is 0 Å². The largest absolute Gasteiger partial charge is 0.459 e. The maximum atomic E-state index is 11.6. The summed E-state index contributed by atoms with van der Waals surface area (Å²) in [6.07, 6.45) is 0.800. The van der Waals surface area contributed by atoms with Crippen molar-refractivity contribution < 1.29 is 14.3 Å². The van der Waals surface area contributed by atoms with E-state index in [1.807, 2.05) is 6.07 Å². The number of ketones is 1. The van der Waals surface area contributed by atoms with Crippen LogP contribution in [0.1, 0.15) is 37.0 Å². The molecule has 0 aliphatic heterocycles. The first-order valence-corrected chi connectivity index (χ1v) is 5.35. The van der Waals surface area contributed by atoms with Crippen molar-refractivity contribution in [2.45, 2.75) is 32.8 Å². The monoisotopic (exact) mass is 220 g/mol. The molecule has 1 unspecified atom stereocenters. The summed E-state index contributed by atoms with van der Waals surface area (Å²) < 4.78 is 5.20. The lowest BCUT2D eigenvalue weighted by atomic mass is 10.1. The second-order valence-electron chi connectivity index (χ2n) is 3.82. The van der Waals surface area contributed by atoms with Crippen molar-refractivity contribution in [1.82, 2.24) is 0 Å². The third kappa shape index (κ3) is 4.26. The summed E-state index contributed by atoms with van der Waals surface area (Å²) in [5, 5.41) is 0. The van der Waals surface area contributed by atoms with Crippen LogP contribution in [0.3, 0.4) is 0 Å². The molecule has 0 saturated carbocycles. The van der Waals surface area contributed by atoms with Gasteiger partial charge >= 0.3 is 5.97 Å². The number of rotatable bonds is 5. The minimum absolute atomic E-state index is 0.114. The molecule has 86 valence electrons. The Labute approximate surface area is 95.4 Å². The highest BCUT2D eigenvalue weighted by Crippen LogP contribution is 2.07. The van der Waals surface area contributed by atoms with Gasteiger partial charge in [0.2, 0.25) is 0 Å². The molecule has 0 radical (unpaired) electrons. The molecular formula is C13H16O3. The summed E-state index contributed by atoms with van der Waals surface area (Å²) in [6.45, 7) is 3.33. The highest BCUT2D eigenvalue weighted by atomic mass is 16.5. The van der Waals surface area contributed by atoms with Gasteiger partial charge in [-0.1, -0.05) is 18.2 Å². The standard InChI is InChI=1S/C13H16O3/c1-10(14)8-9-11(2)16-13(15)12-6-4-3-5-7-12/h3-7,11H,8-9H2,1-2H3. The Bertz CT molecular complexity index is 357. The quantitative estimate of drug-likeness (QED) is 0.716. The Morgan fingerprint density at radius 1 is 1.25 bits per heavy atom. The highest BCUT2D eigenvalue weighted by molar-refractivity contribution is 5.89. The minimum Gasteiger partial charge on any atom is -0.459 e. The van der Waals surface area contributed by atoms with Crippen LogP contribution in [0.2, 0.25) is 0 Å². The van der Waals surface area contributed by atoms with Gasteiger partial charge in [0.15, 0.2) is 0 Å². The fraction of sp³-hybridized carbons (Fsp3) is 0.385. The van der Waals surface area contributed by atoms with E-state index in [2.05, 4.69) is 0 Å². The van der Waals surface area contributed by atoms with E-state index in [1.165, 1.54) is 6.92 Å². The molecule has 0 aromatic heterocycles. The Kier molecular flexibility index (Phi) is 4.70. The van der Waals surface area contributed by atoms with Gasteiger partial charge in [0.1, 0.15) is 5.78 Å². The Balaban J connectivity index is 2.43. The molecule has 0 bridgehead atoms. The van der Waals surface area contributed by atoms with E-state index < -0.39 is 0 Å². The van der Waals surface area contributed by atoms with Crippen LogP contribution in [-0.4, -0.2) is 17.9 Å². The van der Waals surface area contributed by atoms with Gasteiger partial charge in [-0.3, -0.25) is 0 Å². The number of hydrogen-bond donors (Lipinski definition) is 0. The van der Waals surface area contributed by atoms with E-state index in [9.17, 15) is 9.59 Å². The number of hydrogen-bond acceptors (Lipinski definition) is 3. The molecule has 1 aromatic rings. The van der Waals surface area contributed by atoms with Crippen LogP contribution < -0.4 is 0 Å². The zero-order valence-corrected chi connectivity index (χ0v) is 9.60. The fourth-order valence-electron chi connectivity index (χ4n) is 1.29. The zero-order valence-electron chi connectivity index (χ0n) is 9.60. The predicted octanol–water partition coefficient (Wildman–Crippen LogP) is 2.60. The number of carbonyl (C=O) groups is 2. The van der Waals surface area contributed by atoms with Crippen LogP contribution >= 0.6 is 0 Å². The summed E-state index contributed by atoms with van der Waals surface area (Å²) in [5.74, 6) is -0.223. The molecule has 0 aliphatic rings. The Hall–Kier alpha value is -1.64. The van der Waals surface area contributed by atoms with Crippen molar-refractivity contribution in [3.8, 4) is 0 Å². The fourth-order valence-corrected chi connectivity index (χ4v) is 1.29. The highest BCUT2D eigenvalue weighted by Gasteiger charge is 2.11. The maximum Gasteiger partial charge on any atom is 0.338 e. The Morgan fingerprint density at radius 2 is 1.88 bits per heavy atom. The predicted molar refractivity (Wildman–Crippen MR) is 61.2 cm³/mol. The van der Waals surface area contributed by atoms with E-state index in [0.29, 0.717) is 18.4 Å². The van der Waals surface area contributed by atoms with Crippen molar-refractivity contribution in [1.29, 1.82) is 0 Å². The molecule has 1 aromatic carbocycles. The van der Waals surface area contributed by atoms with Gasteiger partial charge in [-0.2, -0.15) is 0 Å². The molecule has 0 amide bonds. The number of ether oxygens (including phenoxy) is 1. The molecule has 1 atom stereocenters. The number of carbonyl (C=O) groups excluding carboxylic acids is 2. The van der Waals surface area contributed by atoms with Crippen LogP contribution in [-0.2, 0) is 9.53 Å². The molecule has 3 nitrogen and oxygen atoms in total. The van der Waals surface area contributed by atoms with Crippen molar-refractivity contribution in [3.63, 3.8) is 0 Å². The van der Waals surface area contributed by atoms with Gasteiger partial charge in [-0.25, -0.2) is 4.79 Å². The molecule has 1 rings (SSSR count). The average molecular weight is 220 g/mol. The number of benzene rings is 1. The van der Waals surface area contributed by atoms with Crippen LogP contribution in [0.5, 0.6) is 0 Å². The van der Waals surface area contributed by atoms with Gasteiger partial charge in [0, 0.05) is 6.42 Å². The topological polar surface area (TPSA) is 43.4 Å². The van der Waals surface area contributed by atoms with Crippen LogP contribution in [0.15, 0.2) is 30.3 Å². The van der Waals surface area contributed by atoms with Gasteiger partial charge in [-0.05, 0) is 32.4 Å². The van der Waals surface area contributed by atoms with Crippen LogP contribution in [0, 0.1) is 0 Å². The molecule has 0 N–H and O–H groups in total. The lowest BCUT2D eigenvalue weighted by Gasteiger charge is -2.12. The van der Waals surface area contributed by atoms with E-state index >= 15 is 0 Å². The van der Waals surface area contributed by atoms with E-state index in [-0.39, 0.29) is 17.9 Å². The molecular weight excluding hydrogens is 204 g/mol. The van der Waals surface area contributed by atoms with E-state index in [4.69, 9.17) is 4.74 Å². The second-order valence-corrected chi connectivity index (χ2v) is 3.82. The van der Waals surface area contributed by atoms with E-state index in [0.717, 1.165) is 0 Å². The third-order valence-electron chi connectivity index (χ3n) is 2.22. The van der Waals surface area contributed by atoms with Crippen molar-refractivity contribution >= 4 is 11.8 Å². The molecule has 0 saturated heterocycles. The molecule has 0 heterocycles. The first-order chi connectivity index (χ1) is 7.59. The lowest BCUT2D eigenvalue weighted by molar-refractivity contribution is -0.117. The van der Waals surface area contributed by atoms with Gasteiger partial charge in [0.05, 0.1) is 11.7 Å². The summed E-state index contributed by atoms with van der Waals surface area (Å²) in [4.78, 5) is 22.4. The summed E-state index contributed by atoms with van der Waals surface area (Å²) in [5.41, 5.74) is 0.539. The van der Waals surface area contributed by atoms with Gasteiger partial charge < -0.3 is 9.53 Å². The maximum absolute atomic E-state index is 11.6. The Morgan fingerprint density at radius 3 is 2.44 bits per heavy atom. The van der Waals surface area contributed by atoms with E-state index in [1.54, 1.807) is 31.2 Å². The second kappa shape index (κ2) is 6.05. The third-order valence-corrected chi connectivity index (χ3v) is 2.22. The lowest BCUT2D eigenvalue weighted by Crippen LogP contribution is -2.15. The van der Waals surface area contributed by atoms with Gasteiger partial charge in [0.25, 0.3) is 0 Å². The van der Waals surface area contributed by atoms with Crippen molar-refractivity contribution in [3.05, 3.63) is 35.9 Å². The molecule has 3 heteroatoms. The SMILES string of the molecule is CC(=O)CCC(C)OC(=O)c1ccccc1. The van der Waals surface area contributed by atoms with Crippen LogP contribution in [0.4, 0.5) is 0 Å². The van der Waals surface area contributed by atoms with Gasteiger partial charge in [-0.15, -0.1) is 0 Å². The minimum atomic E-state index is -0.336. The summed E-state index contributed by atoms with van der Waals surface area (Å²) in [6, 6.07) is 8.84. The summed E-state index contributed by atoms with van der Waals surface area (Å²) in [7, 11) is 0. The molecule has 0 spiro atoms. The molecule has 16 heavy (non-hydrogen) atoms. The first kappa shape index (κ1) is 12.4. The summed E-state index contributed by atoms with van der Waals surface area (Å²) >= 11 is 0. The van der Waals surface area contributed by atoms with Crippen molar-refractivity contribution in [2.75, 3.05) is 0 Å². The normalized spacial score (nSPS) is 11.9. The molecule has 0 aliphatic carbocycles. The smallest absolute Gasteiger partial charge is 0.338 e. The molecule has 0 fully saturated rings. The van der Waals surface area contributed by atoms with Crippen LogP contribution in [0.25, 0.3) is 0 Å². The zero-order chi connectivity index (χ0) is 12.0.